The van der Waals surface area contributed by atoms with Crippen molar-refractivity contribution < 1.29 is 37.9 Å². The number of alkyl halides is 3. The van der Waals surface area contributed by atoms with Gasteiger partial charge in [0, 0.05) is 6.54 Å². The standard InChI is InChI=1S/C30H38N3O3P.C2HF3O2/c34-29(32-30(35)33-36)31-24-16-5-3-1-2-4-6-17-25-37(26-18-10-7-11-19-26,27-20-12-8-13-21-27)28-22-14-9-15-23-28;3-2(4,5)1(6)7/h7-15,18-23H,1-6,16-17,24-25H2,(H3-,31,32,33,34,35,36);(H,6,7). The summed E-state index contributed by atoms with van der Waals surface area (Å²) in [4.78, 5) is 31.0. The Balaban J connectivity index is 0.000000860. The number of amides is 4. The first-order valence-corrected chi connectivity index (χ1v) is 16.4. The Hall–Kier alpha value is -3.95. The third kappa shape index (κ3) is 12.3. The lowest BCUT2D eigenvalue weighted by Gasteiger charge is -2.27. The first-order chi connectivity index (χ1) is 21.1. The number of rotatable bonds is 14. The van der Waals surface area contributed by atoms with Crippen molar-refractivity contribution in [1.82, 2.24) is 16.1 Å². The molecule has 3 aromatic carbocycles. The van der Waals surface area contributed by atoms with E-state index in [0.717, 1.165) is 19.3 Å². The van der Waals surface area contributed by atoms with Gasteiger partial charge in [0.05, 0.1) is 6.16 Å². The van der Waals surface area contributed by atoms with Crippen LogP contribution in [0.25, 0.3) is 0 Å². The number of urea groups is 2. The normalized spacial score (nSPS) is 11.1. The third-order valence-corrected chi connectivity index (χ3v) is 11.4. The summed E-state index contributed by atoms with van der Waals surface area (Å²) in [6, 6.07) is 31.7. The molecule has 0 saturated carbocycles. The summed E-state index contributed by atoms with van der Waals surface area (Å²) >= 11 is 0. The molecule has 238 valence electrons. The van der Waals surface area contributed by atoms with Crippen LogP contribution in [0, 0.1) is 0 Å². The molecule has 0 unspecified atom stereocenters. The monoisotopic (exact) mass is 633 g/mol. The van der Waals surface area contributed by atoms with Crippen LogP contribution in [-0.4, -0.2) is 42.1 Å². The maximum atomic E-state index is 11.4. The van der Waals surface area contributed by atoms with Crippen LogP contribution < -0.4 is 37.1 Å². The summed E-state index contributed by atoms with van der Waals surface area (Å²) in [6.07, 6.45) is 5.09. The fourth-order valence-corrected chi connectivity index (χ4v) is 9.20. The molecule has 3 aromatic rings. The molecule has 12 heteroatoms. The summed E-state index contributed by atoms with van der Waals surface area (Å²) in [5.74, 6) is -3.01. The molecule has 0 aliphatic carbocycles. The van der Waals surface area contributed by atoms with Gasteiger partial charge in [0.1, 0.15) is 29.1 Å². The molecular formula is C32H39F3N3O5P. The van der Waals surface area contributed by atoms with Crippen LogP contribution in [0.3, 0.4) is 0 Å². The van der Waals surface area contributed by atoms with Gasteiger partial charge < -0.3 is 15.2 Å². The van der Waals surface area contributed by atoms with Crippen LogP contribution in [-0.2, 0) is 4.79 Å². The smallest absolute Gasteiger partial charge is 0.430 e. The van der Waals surface area contributed by atoms with E-state index in [-0.39, 0.29) is 0 Å². The van der Waals surface area contributed by atoms with Gasteiger partial charge in [-0.15, -0.1) is 0 Å². The van der Waals surface area contributed by atoms with Gasteiger partial charge in [0.2, 0.25) is 0 Å². The number of carboxylic acid groups (broad SMARTS) is 1. The topological polar surface area (TPSA) is 131 Å². The molecule has 0 saturated heterocycles. The van der Waals surface area contributed by atoms with Crippen molar-refractivity contribution in [3.05, 3.63) is 91.0 Å². The van der Waals surface area contributed by atoms with Crippen molar-refractivity contribution in [2.45, 2.75) is 57.5 Å². The van der Waals surface area contributed by atoms with Crippen molar-refractivity contribution in [1.29, 1.82) is 0 Å². The first-order valence-electron chi connectivity index (χ1n) is 14.4. The minimum atomic E-state index is -5.19. The minimum absolute atomic E-state index is 0.509. The maximum absolute atomic E-state index is 11.4. The van der Waals surface area contributed by atoms with Gasteiger partial charge in [-0.3, -0.25) is 10.5 Å². The van der Waals surface area contributed by atoms with E-state index in [1.807, 2.05) is 5.32 Å². The number of imide groups is 1. The number of aliphatic carboxylic acids is 1. The van der Waals surface area contributed by atoms with Gasteiger partial charge in [-0.25, -0.2) is 15.1 Å². The zero-order valence-electron chi connectivity index (χ0n) is 24.4. The molecule has 0 spiro atoms. The van der Waals surface area contributed by atoms with Crippen molar-refractivity contribution in [3.8, 4) is 0 Å². The summed E-state index contributed by atoms with van der Waals surface area (Å²) < 4.78 is 31.5. The summed E-state index contributed by atoms with van der Waals surface area (Å²) in [6.45, 7) is 0.509. The van der Waals surface area contributed by atoms with E-state index >= 15 is 0 Å². The minimum Gasteiger partial charge on any atom is -0.542 e. The molecule has 0 atom stereocenters. The molecule has 0 fully saturated rings. The number of unbranched alkanes of at least 4 members (excludes halogenated alkanes) is 7. The summed E-state index contributed by atoms with van der Waals surface area (Å²) in [5.41, 5.74) is 1.36. The zero-order chi connectivity index (χ0) is 32.3. The number of carbonyl (C=O) groups is 3. The molecule has 8 nitrogen and oxygen atoms in total. The fourth-order valence-electron chi connectivity index (χ4n) is 4.79. The zero-order valence-corrected chi connectivity index (χ0v) is 25.3. The predicted octanol–water partition coefficient (Wildman–Crippen LogP) is 4.80. The lowest BCUT2D eigenvalue weighted by Crippen LogP contribution is -2.44. The molecule has 0 bridgehead atoms. The Morgan fingerprint density at radius 3 is 1.36 bits per heavy atom. The van der Waals surface area contributed by atoms with E-state index in [4.69, 9.17) is 15.1 Å². The van der Waals surface area contributed by atoms with E-state index in [2.05, 4.69) is 96.3 Å². The molecule has 44 heavy (non-hydrogen) atoms. The number of hydrogen-bond donors (Lipinski definition) is 4. The van der Waals surface area contributed by atoms with Crippen LogP contribution in [0.5, 0.6) is 0 Å². The molecule has 0 heterocycles. The molecular weight excluding hydrogens is 594 g/mol. The average molecular weight is 634 g/mol. The number of nitrogens with one attached hydrogen (secondary N) is 3. The van der Waals surface area contributed by atoms with Crippen LogP contribution in [0.15, 0.2) is 91.0 Å². The van der Waals surface area contributed by atoms with Gasteiger partial charge in [-0.2, -0.15) is 13.2 Å². The Bertz CT molecular complexity index is 1170. The second-order valence-electron chi connectivity index (χ2n) is 9.98. The molecule has 0 aliphatic heterocycles. The largest absolute Gasteiger partial charge is 0.542 e. The molecule has 0 radical (unpaired) electrons. The molecule has 0 aliphatic rings. The Kier molecular flexibility index (Phi) is 15.9. The molecule has 3 rings (SSSR count). The van der Waals surface area contributed by atoms with Crippen molar-refractivity contribution in [2.24, 2.45) is 0 Å². The number of hydrogen-bond acceptors (Lipinski definition) is 5. The number of carbonyl (C=O) groups excluding carboxylic acids is 3. The summed E-state index contributed by atoms with van der Waals surface area (Å²) in [7, 11) is -1.73. The highest BCUT2D eigenvalue weighted by Crippen LogP contribution is 2.56. The van der Waals surface area contributed by atoms with E-state index in [1.165, 1.54) is 59.7 Å². The highest BCUT2D eigenvalue weighted by molar-refractivity contribution is 7.95. The van der Waals surface area contributed by atoms with Gasteiger partial charge in [-0.1, -0.05) is 86.7 Å². The molecule has 0 aromatic heterocycles. The van der Waals surface area contributed by atoms with Crippen LogP contribution in [0.1, 0.15) is 51.4 Å². The summed E-state index contributed by atoms with van der Waals surface area (Å²) in [5, 5.41) is 26.1. The van der Waals surface area contributed by atoms with E-state index in [0.29, 0.717) is 6.54 Å². The van der Waals surface area contributed by atoms with E-state index < -0.39 is 31.5 Å². The van der Waals surface area contributed by atoms with Gasteiger partial charge in [0.25, 0.3) is 0 Å². The lowest BCUT2D eigenvalue weighted by atomic mass is 10.1. The molecule has 4 amide bonds. The molecule has 4 N–H and O–H groups in total. The van der Waals surface area contributed by atoms with Crippen molar-refractivity contribution in [3.63, 3.8) is 0 Å². The fraction of sp³-hybridized carbons (Fsp3) is 0.344. The second kappa shape index (κ2) is 19.4. The highest BCUT2D eigenvalue weighted by atomic mass is 31.2. The van der Waals surface area contributed by atoms with Crippen LogP contribution in [0.4, 0.5) is 22.8 Å². The van der Waals surface area contributed by atoms with Gasteiger partial charge in [0.15, 0.2) is 0 Å². The predicted molar refractivity (Wildman–Crippen MR) is 165 cm³/mol. The quantitative estimate of drug-likeness (QED) is 0.0878. The van der Waals surface area contributed by atoms with Crippen molar-refractivity contribution in [2.75, 3.05) is 12.7 Å². The lowest BCUT2D eigenvalue weighted by molar-refractivity contribution is -0.344. The van der Waals surface area contributed by atoms with Crippen LogP contribution in [0.2, 0.25) is 0 Å². The second-order valence-corrected chi connectivity index (χ2v) is 13.6. The Labute approximate surface area is 256 Å². The average Bonchev–Trinajstić information content (AvgIpc) is 3.03. The first kappa shape index (κ1) is 36.2. The number of hydroxylamine groups is 1. The van der Waals surface area contributed by atoms with Crippen LogP contribution >= 0.6 is 7.26 Å². The SMILES string of the molecule is O=C(NO)NC(=O)NCCCCCCCCCC[P+](c1ccccc1)(c1ccccc1)c1ccccc1.O=C([O-])C(F)(F)F. The van der Waals surface area contributed by atoms with Crippen molar-refractivity contribution >= 4 is 41.2 Å². The third-order valence-electron chi connectivity index (χ3n) is 6.86. The number of halogens is 3. The Morgan fingerprint density at radius 1 is 0.636 bits per heavy atom. The highest BCUT2D eigenvalue weighted by Gasteiger charge is 2.44. The number of carboxylic acids is 1. The van der Waals surface area contributed by atoms with E-state index in [9.17, 15) is 22.8 Å². The van der Waals surface area contributed by atoms with Gasteiger partial charge in [-0.05, 0) is 55.7 Å². The Morgan fingerprint density at radius 2 is 1.00 bits per heavy atom. The number of benzene rings is 3. The van der Waals surface area contributed by atoms with E-state index in [1.54, 1.807) is 0 Å². The van der Waals surface area contributed by atoms with Gasteiger partial charge >= 0.3 is 18.2 Å². The maximum Gasteiger partial charge on any atom is 0.430 e.